The Morgan fingerprint density at radius 2 is 1.72 bits per heavy atom. The Balaban J connectivity index is 1.74. The lowest BCUT2D eigenvalue weighted by molar-refractivity contribution is -0.942. The maximum Gasteiger partial charge on any atom is 0.287 e. The third kappa shape index (κ3) is 6.03. The highest BCUT2D eigenvalue weighted by atomic mass is 19.1. The highest BCUT2D eigenvalue weighted by molar-refractivity contribution is 5.91. The second-order valence-electron chi connectivity index (χ2n) is 7.41. The van der Waals surface area contributed by atoms with E-state index in [9.17, 15) is 9.18 Å². The molecule has 4 nitrogen and oxygen atoms in total. The summed E-state index contributed by atoms with van der Waals surface area (Å²) >= 11 is 0. The maximum absolute atomic E-state index is 14.2. The first kappa shape index (κ1) is 20.8. The molecule has 3 rings (SSSR count). The van der Waals surface area contributed by atoms with Gasteiger partial charge in [0.05, 0.1) is 0 Å². The Hall–Kier alpha value is -2.92. The largest absolute Gasteiger partial charge is 0.450 e. The normalized spacial score (nSPS) is 13.1. The highest BCUT2D eigenvalue weighted by Crippen LogP contribution is 2.09. The molecule has 3 aromatic rings. The van der Waals surface area contributed by atoms with Gasteiger partial charge in [-0.1, -0.05) is 55.5 Å². The molecule has 0 saturated carbocycles. The van der Waals surface area contributed by atoms with Gasteiger partial charge < -0.3 is 14.6 Å². The zero-order chi connectivity index (χ0) is 20.6. The fourth-order valence-corrected chi connectivity index (χ4v) is 3.22. The number of quaternary nitrogens is 1. The first-order chi connectivity index (χ1) is 14.0. The number of hydrogen-bond donors (Lipinski definition) is 2. The average molecular weight is 395 g/mol. The summed E-state index contributed by atoms with van der Waals surface area (Å²) in [6, 6.07) is 20.6. The minimum absolute atomic E-state index is 0.0947. The smallest absolute Gasteiger partial charge is 0.287 e. The van der Waals surface area contributed by atoms with Gasteiger partial charge >= 0.3 is 0 Å². The Labute approximate surface area is 171 Å². The van der Waals surface area contributed by atoms with Crippen LogP contribution in [0.5, 0.6) is 0 Å². The fraction of sp³-hybridized carbons (Fsp3) is 0.292. The first-order valence-electron chi connectivity index (χ1n) is 10.1. The third-order valence-electron chi connectivity index (χ3n) is 4.99. The van der Waals surface area contributed by atoms with Gasteiger partial charge in [0, 0.05) is 17.2 Å². The molecular weight excluding hydrogens is 367 g/mol. The Bertz CT molecular complexity index is 923. The zero-order valence-electron chi connectivity index (χ0n) is 17.0. The summed E-state index contributed by atoms with van der Waals surface area (Å²) in [4.78, 5) is 13.4. The van der Waals surface area contributed by atoms with Crippen LogP contribution in [0.1, 0.15) is 47.7 Å². The Kier molecular flexibility index (Phi) is 7.19. The predicted molar refractivity (Wildman–Crippen MR) is 111 cm³/mol. The third-order valence-corrected chi connectivity index (χ3v) is 4.99. The highest BCUT2D eigenvalue weighted by Gasteiger charge is 2.18. The van der Waals surface area contributed by atoms with E-state index in [1.807, 2.05) is 50.2 Å². The molecule has 0 aliphatic rings. The number of hydrogen-bond acceptors (Lipinski definition) is 2. The standard InChI is InChI=1S/C24H27FN2O2/c1-3-18(2)26-24(28)23-14-13-21(29-23)17-27(15-19-9-5-4-6-10-19)16-20-11-7-8-12-22(20)25/h4-14,18H,3,15-17H2,1-2H3,(H,26,28)/p+1/t18-/m1/s1. The van der Waals surface area contributed by atoms with Crippen molar-refractivity contribution in [1.29, 1.82) is 0 Å². The van der Waals surface area contributed by atoms with E-state index in [0.29, 0.717) is 30.2 Å². The van der Waals surface area contributed by atoms with E-state index < -0.39 is 0 Å². The van der Waals surface area contributed by atoms with Crippen LogP contribution in [-0.2, 0) is 19.6 Å². The Morgan fingerprint density at radius 1 is 1.00 bits per heavy atom. The van der Waals surface area contributed by atoms with Gasteiger partial charge in [0.15, 0.2) is 11.5 Å². The number of carbonyl (C=O) groups is 1. The second kappa shape index (κ2) is 10.0. The van der Waals surface area contributed by atoms with Crippen molar-refractivity contribution >= 4 is 5.91 Å². The summed E-state index contributed by atoms with van der Waals surface area (Å²) < 4.78 is 20.0. The number of amides is 1. The summed E-state index contributed by atoms with van der Waals surface area (Å²) in [6.07, 6.45) is 0.858. The number of furan rings is 1. The molecular formula is C24H28FN2O2+. The molecule has 0 aliphatic heterocycles. The molecule has 2 aromatic carbocycles. The summed E-state index contributed by atoms with van der Waals surface area (Å²) in [5.74, 6) is 0.613. The summed E-state index contributed by atoms with van der Waals surface area (Å²) in [6.45, 7) is 5.79. The van der Waals surface area contributed by atoms with Crippen LogP contribution in [0.25, 0.3) is 0 Å². The van der Waals surface area contributed by atoms with Crippen LogP contribution in [0.3, 0.4) is 0 Å². The lowest BCUT2D eigenvalue weighted by Gasteiger charge is -2.19. The van der Waals surface area contributed by atoms with Crippen molar-refractivity contribution < 1.29 is 18.5 Å². The van der Waals surface area contributed by atoms with E-state index in [2.05, 4.69) is 17.4 Å². The number of nitrogens with one attached hydrogen (secondary N) is 2. The molecule has 29 heavy (non-hydrogen) atoms. The molecule has 0 aliphatic carbocycles. The lowest BCUT2D eigenvalue weighted by atomic mass is 10.1. The van der Waals surface area contributed by atoms with Crippen LogP contribution in [0.2, 0.25) is 0 Å². The van der Waals surface area contributed by atoms with E-state index >= 15 is 0 Å². The summed E-state index contributed by atoms with van der Waals surface area (Å²) in [5, 5.41) is 2.91. The lowest BCUT2D eigenvalue weighted by Crippen LogP contribution is -3.08. The van der Waals surface area contributed by atoms with Gasteiger partial charge in [-0.25, -0.2) is 4.39 Å². The van der Waals surface area contributed by atoms with Crippen molar-refractivity contribution in [3.63, 3.8) is 0 Å². The van der Waals surface area contributed by atoms with E-state index in [0.717, 1.165) is 17.9 Å². The second-order valence-corrected chi connectivity index (χ2v) is 7.41. The molecule has 1 unspecified atom stereocenters. The quantitative estimate of drug-likeness (QED) is 0.580. The molecule has 1 heterocycles. The van der Waals surface area contributed by atoms with Crippen molar-refractivity contribution in [1.82, 2.24) is 5.32 Å². The first-order valence-corrected chi connectivity index (χ1v) is 10.1. The van der Waals surface area contributed by atoms with Gasteiger partial charge in [-0.3, -0.25) is 4.79 Å². The average Bonchev–Trinajstić information content (AvgIpc) is 3.19. The van der Waals surface area contributed by atoms with E-state index in [1.54, 1.807) is 12.1 Å². The van der Waals surface area contributed by atoms with Gasteiger partial charge in [0.2, 0.25) is 0 Å². The number of halogens is 1. The van der Waals surface area contributed by atoms with Crippen LogP contribution in [0.15, 0.2) is 71.1 Å². The van der Waals surface area contributed by atoms with Crippen LogP contribution in [-0.4, -0.2) is 11.9 Å². The van der Waals surface area contributed by atoms with E-state index in [4.69, 9.17) is 4.42 Å². The number of rotatable bonds is 9. The minimum atomic E-state index is -0.204. The zero-order valence-corrected chi connectivity index (χ0v) is 17.0. The van der Waals surface area contributed by atoms with Crippen LogP contribution in [0.4, 0.5) is 4.39 Å². The topological polar surface area (TPSA) is 46.7 Å². The maximum atomic E-state index is 14.2. The van der Waals surface area contributed by atoms with E-state index in [-0.39, 0.29) is 17.8 Å². The van der Waals surface area contributed by atoms with E-state index in [1.165, 1.54) is 11.6 Å². The van der Waals surface area contributed by atoms with Gasteiger partial charge in [-0.05, 0) is 31.5 Å². The molecule has 0 bridgehead atoms. The molecule has 1 aromatic heterocycles. The van der Waals surface area contributed by atoms with Crippen LogP contribution < -0.4 is 10.2 Å². The van der Waals surface area contributed by atoms with Crippen LogP contribution in [0, 0.1) is 5.82 Å². The van der Waals surface area contributed by atoms with Gasteiger partial charge in [0.25, 0.3) is 5.91 Å². The van der Waals surface area contributed by atoms with Gasteiger partial charge in [-0.15, -0.1) is 0 Å². The summed E-state index contributed by atoms with van der Waals surface area (Å²) in [7, 11) is 0. The van der Waals surface area contributed by atoms with Gasteiger partial charge in [0.1, 0.15) is 25.5 Å². The monoisotopic (exact) mass is 395 g/mol. The SMILES string of the molecule is CC[C@@H](C)NC(=O)c1ccc(C[NH+](Cc2ccccc2)Cc2ccccc2F)o1. The number of benzene rings is 2. The summed E-state index contributed by atoms with van der Waals surface area (Å²) in [5.41, 5.74) is 1.83. The molecule has 0 radical (unpaired) electrons. The van der Waals surface area contributed by atoms with Crippen molar-refractivity contribution in [3.05, 3.63) is 95.2 Å². The minimum Gasteiger partial charge on any atom is -0.450 e. The molecule has 2 N–H and O–H groups in total. The van der Waals surface area contributed by atoms with Crippen molar-refractivity contribution in [3.8, 4) is 0 Å². The van der Waals surface area contributed by atoms with Crippen molar-refractivity contribution in [2.24, 2.45) is 0 Å². The molecule has 0 spiro atoms. The van der Waals surface area contributed by atoms with Crippen molar-refractivity contribution in [2.45, 2.75) is 45.9 Å². The number of carbonyl (C=O) groups excluding carboxylic acids is 1. The van der Waals surface area contributed by atoms with Crippen molar-refractivity contribution in [2.75, 3.05) is 0 Å². The Morgan fingerprint density at radius 3 is 2.45 bits per heavy atom. The molecule has 152 valence electrons. The van der Waals surface area contributed by atoms with Crippen LogP contribution >= 0.6 is 0 Å². The fourth-order valence-electron chi connectivity index (χ4n) is 3.22. The molecule has 2 atom stereocenters. The predicted octanol–water partition coefficient (Wildman–Crippen LogP) is 3.73. The molecule has 5 heteroatoms. The molecule has 0 saturated heterocycles. The molecule has 0 fully saturated rings. The molecule has 1 amide bonds. The van der Waals surface area contributed by atoms with Gasteiger partial charge in [-0.2, -0.15) is 0 Å².